The largest absolute Gasteiger partial charge is 0.319 e. The van der Waals surface area contributed by atoms with Gasteiger partial charge >= 0.3 is 0 Å². The number of rotatable bonds is 3. The van der Waals surface area contributed by atoms with Crippen molar-refractivity contribution >= 4 is 50.5 Å². The quantitative estimate of drug-likeness (QED) is 0.689. The molecule has 0 bridgehead atoms. The van der Waals surface area contributed by atoms with Crippen LogP contribution in [0.5, 0.6) is 0 Å². The highest BCUT2D eigenvalue weighted by molar-refractivity contribution is 9.10. The number of thiazole rings is 1. The van der Waals surface area contributed by atoms with Crippen LogP contribution in [-0.4, -0.2) is 15.9 Å². The van der Waals surface area contributed by atoms with Crippen molar-refractivity contribution in [2.75, 3.05) is 5.32 Å². The monoisotopic (exact) mass is 393 g/mol. The fraction of sp³-hybridized carbons (Fsp3) is 0. The Morgan fingerprint density at radius 3 is 2.73 bits per heavy atom. The van der Waals surface area contributed by atoms with Crippen molar-refractivity contribution in [3.05, 3.63) is 63.3 Å². The molecule has 110 valence electrons. The van der Waals surface area contributed by atoms with E-state index in [9.17, 15) is 4.79 Å². The second kappa shape index (κ2) is 6.56. The second-order valence-corrected chi connectivity index (χ2v) is 6.60. The molecule has 0 fully saturated rings. The highest BCUT2D eigenvalue weighted by Crippen LogP contribution is 2.30. The molecule has 0 spiro atoms. The molecule has 1 amide bonds. The summed E-state index contributed by atoms with van der Waals surface area (Å²) in [5.74, 6) is -0.263. The molecule has 0 radical (unpaired) electrons. The predicted molar refractivity (Wildman–Crippen MR) is 92.5 cm³/mol. The Bertz CT molecular complexity index is 823. The van der Waals surface area contributed by atoms with Crippen LogP contribution in [-0.2, 0) is 0 Å². The molecule has 0 atom stereocenters. The molecular formula is C15H9BrClN3OS. The van der Waals surface area contributed by atoms with Crippen LogP contribution < -0.4 is 5.32 Å². The Kier molecular flexibility index (Phi) is 4.52. The van der Waals surface area contributed by atoms with Crippen molar-refractivity contribution in [3.63, 3.8) is 0 Å². The minimum Gasteiger partial charge on any atom is -0.319 e. The van der Waals surface area contributed by atoms with Crippen LogP contribution in [0.25, 0.3) is 10.6 Å². The van der Waals surface area contributed by atoms with Gasteiger partial charge in [-0.25, -0.2) is 4.98 Å². The van der Waals surface area contributed by atoms with Gasteiger partial charge in [-0.1, -0.05) is 41.9 Å². The van der Waals surface area contributed by atoms with Crippen LogP contribution in [0.4, 0.5) is 5.69 Å². The van der Waals surface area contributed by atoms with E-state index in [0.29, 0.717) is 20.1 Å². The minimum atomic E-state index is -0.263. The zero-order valence-corrected chi connectivity index (χ0v) is 14.2. The standard InChI is InChI=1S/C15H9BrClN3OS/c16-10-6-18-7-11(13(10)17)20-14(21)12-8-19-15(22-12)9-4-2-1-3-5-9/h1-8H,(H,20,21). The van der Waals surface area contributed by atoms with Gasteiger partial charge in [-0.2, -0.15) is 0 Å². The number of hydrogen-bond acceptors (Lipinski definition) is 4. The maximum Gasteiger partial charge on any atom is 0.267 e. The maximum atomic E-state index is 12.3. The van der Waals surface area contributed by atoms with Crippen molar-refractivity contribution in [3.8, 4) is 10.6 Å². The lowest BCUT2D eigenvalue weighted by Gasteiger charge is -2.05. The van der Waals surface area contributed by atoms with Gasteiger partial charge < -0.3 is 5.32 Å². The summed E-state index contributed by atoms with van der Waals surface area (Å²) >= 11 is 10.7. The van der Waals surface area contributed by atoms with Gasteiger partial charge in [0.1, 0.15) is 9.88 Å². The lowest BCUT2D eigenvalue weighted by molar-refractivity contribution is 0.103. The minimum absolute atomic E-state index is 0.263. The van der Waals surface area contributed by atoms with E-state index in [0.717, 1.165) is 10.6 Å². The molecule has 1 aromatic carbocycles. The summed E-state index contributed by atoms with van der Waals surface area (Å²) < 4.78 is 0.626. The molecule has 4 nitrogen and oxygen atoms in total. The van der Waals surface area contributed by atoms with Gasteiger partial charge in [0.05, 0.1) is 27.6 Å². The van der Waals surface area contributed by atoms with E-state index < -0.39 is 0 Å². The van der Waals surface area contributed by atoms with Gasteiger partial charge in [0, 0.05) is 11.8 Å². The molecule has 0 aliphatic rings. The first-order chi connectivity index (χ1) is 10.6. The Labute approximate surface area is 144 Å². The van der Waals surface area contributed by atoms with Crippen LogP contribution in [0.1, 0.15) is 9.67 Å². The fourth-order valence-corrected chi connectivity index (χ4v) is 3.08. The molecule has 0 aliphatic carbocycles. The van der Waals surface area contributed by atoms with Crippen molar-refractivity contribution in [2.45, 2.75) is 0 Å². The number of carbonyl (C=O) groups excluding carboxylic acids is 1. The van der Waals surface area contributed by atoms with Gasteiger partial charge in [-0.05, 0) is 15.9 Å². The summed E-state index contributed by atoms with van der Waals surface area (Å²) in [6, 6.07) is 9.71. The molecule has 3 aromatic rings. The summed E-state index contributed by atoms with van der Waals surface area (Å²) in [4.78, 5) is 21.1. The van der Waals surface area contributed by atoms with Crippen molar-refractivity contribution in [1.29, 1.82) is 0 Å². The van der Waals surface area contributed by atoms with Crippen LogP contribution in [0, 0.1) is 0 Å². The zero-order chi connectivity index (χ0) is 15.5. The number of halogens is 2. The van der Waals surface area contributed by atoms with Gasteiger partial charge in [-0.3, -0.25) is 9.78 Å². The first-order valence-corrected chi connectivity index (χ1v) is 8.25. The van der Waals surface area contributed by atoms with Crippen LogP contribution in [0.2, 0.25) is 5.02 Å². The predicted octanol–water partition coefficient (Wildman–Crippen LogP) is 4.87. The van der Waals surface area contributed by atoms with E-state index >= 15 is 0 Å². The van der Waals surface area contributed by atoms with E-state index in [1.165, 1.54) is 17.5 Å². The number of nitrogens with zero attached hydrogens (tertiary/aromatic N) is 2. The molecule has 0 unspecified atom stereocenters. The Morgan fingerprint density at radius 1 is 1.18 bits per heavy atom. The van der Waals surface area contributed by atoms with Gasteiger partial charge in [0.2, 0.25) is 0 Å². The number of amides is 1. The summed E-state index contributed by atoms with van der Waals surface area (Å²) in [7, 11) is 0. The molecule has 0 aliphatic heterocycles. The van der Waals surface area contributed by atoms with E-state index in [1.54, 1.807) is 12.4 Å². The molecule has 1 N–H and O–H groups in total. The number of hydrogen-bond donors (Lipinski definition) is 1. The topological polar surface area (TPSA) is 54.9 Å². The molecule has 22 heavy (non-hydrogen) atoms. The Balaban J connectivity index is 1.82. The summed E-state index contributed by atoms with van der Waals surface area (Å²) in [5, 5.41) is 3.95. The van der Waals surface area contributed by atoms with E-state index in [1.807, 2.05) is 30.3 Å². The SMILES string of the molecule is O=C(Nc1cncc(Br)c1Cl)c1cnc(-c2ccccc2)s1. The summed E-state index contributed by atoms with van der Waals surface area (Å²) in [6.45, 7) is 0. The van der Waals surface area contributed by atoms with Crippen molar-refractivity contribution in [2.24, 2.45) is 0 Å². The van der Waals surface area contributed by atoms with E-state index in [-0.39, 0.29) is 5.91 Å². The average molecular weight is 395 g/mol. The first kappa shape index (κ1) is 15.1. The van der Waals surface area contributed by atoms with Crippen LogP contribution in [0.15, 0.2) is 53.4 Å². The number of anilines is 1. The van der Waals surface area contributed by atoms with Gasteiger partial charge in [0.15, 0.2) is 0 Å². The second-order valence-electron chi connectivity index (χ2n) is 4.33. The third-order valence-electron chi connectivity index (χ3n) is 2.84. The molecule has 7 heteroatoms. The first-order valence-electron chi connectivity index (χ1n) is 6.27. The number of benzene rings is 1. The Hall–Kier alpha value is -1.76. The van der Waals surface area contributed by atoms with Crippen molar-refractivity contribution < 1.29 is 4.79 Å². The lowest BCUT2D eigenvalue weighted by atomic mass is 10.2. The summed E-state index contributed by atoms with van der Waals surface area (Å²) in [6.07, 6.45) is 4.63. The maximum absolute atomic E-state index is 12.3. The average Bonchev–Trinajstić information content (AvgIpc) is 3.03. The highest BCUT2D eigenvalue weighted by atomic mass is 79.9. The molecule has 0 saturated carbocycles. The third-order valence-corrected chi connectivity index (χ3v) is 5.12. The molecular weight excluding hydrogens is 386 g/mol. The smallest absolute Gasteiger partial charge is 0.267 e. The van der Waals surface area contributed by atoms with Crippen LogP contribution in [0.3, 0.4) is 0 Å². The Morgan fingerprint density at radius 2 is 1.95 bits per heavy atom. The fourth-order valence-electron chi connectivity index (χ4n) is 1.78. The van der Waals surface area contributed by atoms with E-state index in [4.69, 9.17) is 11.6 Å². The molecule has 3 rings (SSSR count). The number of aromatic nitrogens is 2. The van der Waals surface area contributed by atoms with E-state index in [2.05, 4.69) is 31.2 Å². The third kappa shape index (κ3) is 3.19. The van der Waals surface area contributed by atoms with Crippen LogP contribution >= 0.6 is 38.9 Å². The zero-order valence-electron chi connectivity index (χ0n) is 11.1. The highest BCUT2D eigenvalue weighted by Gasteiger charge is 2.14. The molecule has 0 saturated heterocycles. The number of nitrogens with one attached hydrogen (secondary N) is 1. The lowest BCUT2D eigenvalue weighted by Crippen LogP contribution is -2.10. The molecule has 2 heterocycles. The molecule has 2 aromatic heterocycles. The summed E-state index contributed by atoms with van der Waals surface area (Å²) in [5.41, 5.74) is 1.43. The number of pyridine rings is 1. The number of carbonyl (C=O) groups is 1. The normalized spacial score (nSPS) is 10.5. The van der Waals surface area contributed by atoms with Crippen molar-refractivity contribution in [1.82, 2.24) is 9.97 Å². The van der Waals surface area contributed by atoms with Gasteiger partial charge in [-0.15, -0.1) is 11.3 Å². The van der Waals surface area contributed by atoms with Gasteiger partial charge in [0.25, 0.3) is 5.91 Å².